The number of rotatable bonds is 41. The van der Waals surface area contributed by atoms with Crippen LogP contribution >= 0.6 is 0 Å². The molecular weight excluding hydrogens is 859 g/mol. The maximum Gasteiger partial charge on any atom is 0.220 e. The molecule has 0 aromatic heterocycles. The zero-order chi connectivity index (χ0) is 48.9. The number of aliphatic hydroxyl groups excluding tert-OH is 8. The summed E-state index contributed by atoms with van der Waals surface area (Å²) < 4.78 is 22.4. The van der Waals surface area contributed by atoms with E-state index < -0.39 is 86.8 Å². The predicted molar refractivity (Wildman–Crippen MR) is 263 cm³/mol. The largest absolute Gasteiger partial charge is 0.394 e. The van der Waals surface area contributed by atoms with E-state index in [2.05, 4.69) is 36.5 Å². The molecule has 0 saturated carbocycles. The molecule has 2 aliphatic rings. The number of allylic oxidation sites excluding steroid dienone is 5. The molecule has 0 bridgehead atoms. The average molecular weight is 956 g/mol. The Morgan fingerprint density at radius 1 is 0.522 bits per heavy atom. The van der Waals surface area contributed by atoms with Gasteiger partial charge in [-0.15, -0.1) is 0 Å². The molecule has 1 amide bonds. The van der Waals surface area contributed by atoms with Gasteiger partial charge in [0.15, 0.2) is 12.6 Å². The lowest BCUT2D eigenvalue weighted by Crippen LogP contribution is -2.65. The van der Waals surface area contributed by atoms with Crippen molar-refractivity contribution in [3.05, 3.63) is 36.5 Å². The molecule has 14 nitrogen and oxygen atoms in total. The first-order valence-electron chi connectivity index (χ1n) is 26.7. The molecule has 0 aliphatic carbocycles. The smallest absolute Gasteiger partial charge is 0.220 e. The molecule has 2 fully saturated rings. The molecule has 0 radical (unpaired) electrons. The molecule has 9 N–H and O–H groups in total. The Bertz CT molecular complexity index is 1270. The van der Waals surface area contributed by atoms with E-state index in [-0.39, 0.29) is 18.9 Å². The van der Waals surface area contributed by atoms with Gasteiger partial charge in [-0.25, -0.2) is 0 Å². The van der Waals surface area contributed by atoms with Gasteiger partial charge in [-0.05, 0) is 44.9 Å². The Kier molecular flexibility index (Phi) is 36.5. The fraction of sp³-hybridized carbons (Fsp3) is 0.868. The maximum absolute atomic E-state index is 12.7. The van der Waals surface area contributed by atoms with E-state index >= 15 is 0 Å². The van der Waals surface area contributed by atoms with Gasteiger partial charge in [0, 0.05) is 6.42 Å². The first kappa shape index (κ1) is 61.3. The van der Waals surface area contributed by atoms with Gasteiger partial charge in [-0.3, -0.25) is 4.79 Å². The van der Waals surface area contributed by atoms with E-state index in [1.807, 2.05) is 13.0 Å². The summed E-state index contributed by atoms with van der Waals surface area (Å²) in [5.74, 6) is -0.290. The lowest BCUT2D eigenvalue weighted by atomic mass is 9.97. The van der Waals surface area contributed by atoms with Crippen LogP contribution in [0.3, 0.4) is 0 Å². The van der Waals surface area contributed by atoms with Crippen molar-refractivity contribution in [2.75, 3.05) is 19.8 Å². The number of carbonyl (C=O) groups is 1. The van der Waals surface area contributed by atoms with Crippen LogP contribution in [0.25, 0.3) is 0 Å². The Morgan fingerprint density at radius 3 is 1.45 bits per heavy atom. The van der Waals surface area contributed by atoms with Gasteiger partial charge in [-0.1, -0.05) is 185 Å². The zero-order valence-electron chi connectivity index (χ0n) is 41.6. The number of ether oxygens (including phenoxy) is 4. The SMILES string of the molecule is CCCCCCCCCCCCCCCCCCCCCCC/C=C/CC/C=C/CC/C=C/C(O)C(COC1OC(CO)C(OC2OC(CO)C(O)C(O)C2O)C(O)C1O)NC(=O)CCCC. The number of nitrogens with one attached hydrogen (secondary N) is 1. The predicted octanol–water partition coefficient (Wildman–Crippen LogP) is 7.49. The van der Waals surface area contributed by atoms with Crippen molar-refractivity contribution >= 4 is 5.91 Å². The summed E-state index contributed by atoms with van der Waals surface area (Å²) in [5.41, 5.74) is 0. The van der Waals surface area contributed by atoms with Gasteiger partial charge in [0.25, 0.3) is 0 Å². The molecule has 0 aromatic rings. The fourth-order valence-electron chi connectivity index (χ4n) is 8.65. The van der Waals surface area contributed by atoms with Gasteiger partial charge >= 0.3 is 0 Å². The second-order valence-electron chi connectivity index (χ2n) is 19.0. The van der Waals surface area contributed by atoms with Gasteiger partial charge in [0.2, 0.25) is 5.91 Å². The summed E-state index contributed by atoms with van der Waals surface area (Å²) >= 11 is 0. The molecule has 67 heavy (non-hydrogen) atoms. The van der Waals surface area contributed by atoms with Crippen molar-refractivity contribution < 1.29 is 64.6 Å². The number of hydrogen-bond acceptors (Lipinski definition) is 13. The summed E-state index contributed by atoms with van der Waals surface area (Å²) in [7, 11) is 0. The molecule has 0 aromatic carbocycles. The minimum Gasteiger partial charge on any atom is -0.394 e. The summed E-state index contributed by atoms with van der Waals surface area (Å²) in [6.07, 6.45) is 30.9. The van der Waals surface area contributed by atoms with Crippen molar-refractivity contribution in [2.24, 2.45) is 0 Å². The molecule has 2 saturated heterocycles. The van der Waals surface area contributed by atoms with Gasteiger partial charge in [0.1, 0.15) is 48.8 Å². The highest BCUT2D eigenvalue weighted by molar-refractivity contribution is 5.76. The highest BCUT2D eigenvalue weighted by Gasteiger charge is 2.51. The Hall–Kier alpha value is -1.79. The molecule has 2 aliphatic heterocycles. The Balaban J connectivity index is 1.58. The standard InChI is InChI=1S/C53H97NO13/c1-3-5-7-8-9-10-11-12-13-14-15-16-17-18-19-20-21-22-23-24-25-26-27-28-29-30-31-32-33-34-35-36-42(57)41(54-45(58)37-6-4-2)40-64-52-50(63)48(61)51(44(39-56)66-52)67-53-49(62)47(60)46(59)43(38-55)65-53/h27-28,31-32,35-36,41-44,46-53,55-57,59-63H,3-26,29-30,33-34,37-40H2,1-2H3,(H,54,58)/b28-27+,32-31+,36-35+. The van der Waals surface area contributed by atoms with Crippen LogP contribution in [0.5, 0.6) is 0 Å². The molecule has 2 rings (SSSR count). The van der Waals surface area contributed by atoms with E-state index in [0.717, 1.165) is 32.1 Å². The van der Waals surface area contributed by atoms with Crippen molar-refractivity contribution in [3.63, 3.8) is 0 Å². The number of aliphatic hydroxyl groups is 8. The van der Waals surface area contributed by atoms with Crippen LogP contribution in [0.1, 0.15) is 200 Å². The van der Waals surface area contributed by atoms with Crippen LogP contribution in [0, 0.1) is 0 Å². The minimum absolute atomic E-state index is 0.244. The lowest BCUT2D eigenvalue weighted by molar-refractivity contribution is -0.359. The van der Waals surface area contributed by atoms with E-state index in [1.165, 1.54) is 135 Å². The van der Waals surface area contributed by atoms with Crippen molar-refractivity contribution in [1.82, 2.24) is 5.32 Å². The quantitative estimate of drug-likeness (QED) is 0.0214. The minimum atomic E-state index is -1.79. The molecule has 12 atom stereocenters. The normalized spacial score (nSPS) is 26.8. The first-order chi connectivity index (χ1) is 32.6. The lowest BCUT2D eigenvalue weighted by Gasteiger charge is -2.46. The molecule has 0 spiro atoms. The third kappa shape index (κ3) is 26.8. The highest BCUT2D eigenvalue weighted by Crippen LogP contribution is 2.30. The summed E-state index contributed by atoms with van der Waals surface area (Å²) in [6.45, 7) is 2.50. The summed E-state index contributed by atoms with van der Waals surface area (Å²) in [4.78, 5) is 12.7. The Labute approximate surface area is 404 Å². The van der Waals surface area contributed by atoms with Crippen LogP contribution in [0.2, 0.25) is 0 Å². The van der Waals surface area contributed by atoms with Crippen LogP contribution in [-0.4, -0.2) is 140 Å². The third-order valence-electron chi connectivity index (χ3n) is 13.1. The van der Waals surface area contributed by atoms with E-state index in [1.54, 1.807) is 6.08 Å². The van der Waals surface area contributed by atoms with E-state index in [4.69, 9.17) is 18.9 Å². The molecular formula is C53H97NO13. The van der Waals surface area contributed by atoms with Crippen LogP contribution in [0.15, 0.2) is 36.5 Å². The zero-order valence-corrected chi connectivity index (χ0v) is 41.6. The van der Waals surface area contributed by atoms with E-state index in [0.29, 0.717) is 12.8 Å². The maximum atomic E-state index is 12.7. The second-order valence-corrected chi connectivity index (χ2v) is 19.0. The van der Waals surface area contributed by atoms with Crippen LogP contribution < -0.4 is 5.32 Å². The molecule has 14 heteroatoms. The number of amides is 1. The number of unbranched alkanes of at least 4 members (excludes halogenated alkanes) is 24. The molecule has 12 unspecified atom stereocenters. The van der Waals surface area contributed by atoms with Gasteiger partial charge < -0.3 is 65.1 Å². The van der Waals surface area contributed by atoms with Crippen molar-refractivity contribution in [3.8, 4) is 0 Å². The molecule has 2 heterocycles. The van der Waals surface area contributed by atoms with Gasteiger partial charge in [-0.2, -0.15) is 0 Å². The van der Waals surface area contributed by atoms with Crippen LogP contribution in [-0.2, 0) is 23.7 Å². The monoisotopic (exact) mass is 956 g/mol. The first-order valence-corrected chi connectivity index (χ1v) is 26.7. The average Bonchev–Trinajstić information content (AvgIpc) is 3.33. The third-order valence-corrected chi connectivity index (χ3v) is 13.1. The Morgan fingerprint density at radius 2 is 0.955 bits per heavy atom. The topological polar surface area (TPSA) is 228 Å². The van der Waals surface area contributed by atoms with Crippen molar-refractivity contribution in [2.45, 2.75) is 274 Å². The summed E-state index contributed by atoms with van der Waals surface area (Å²) in [5, 5.41) is 85.9. The van der Waals surface area contributed by atoms with Gasteiger partial charge in [0.05, 0.1) is 32.0 Å². The second kappa shape index (κ2) is 39.9. The van der Waals surface area contributed by atoms with Crippen molar-refractivity contribution in [1.29, 1.82) is 0 Å². The van der Waals surface area contributed by atoms with E-state index in [9.17, 15) is 45.6 Å². The fourth-order valence-corrected chi connectivity index (χ4v) is 8.65. The number of hydrogen-bond donors (Lipinski definition) is 9. The number of carbonyl (C=O) groups excluding carboxylic acids is 1. The van der Waals surface area contributed by atoms with Crippen LogP contribution in [0.4, 0.5) is 0 Å². The highest BCUT2D eigenvalue weighted by atomic mass is 16.7. The molecule has 392 valence electrons. The summed E-state index contributed by atoms with van der Waals surface area (Å²) in [6, 6.07) is -0.930.